The highest BCUT2D eigenvalue weighted by Gasteiger charge is 2.25. The average Bonchev–Trinajstić information content (AvgIpc) is 2.20. The van der Waals surface area contributed by atoms with Crippen molar-refractivity contribution in [3.63, 3.8) is 0 Å². The molecule has 0 heterocycles. The summed E-state index contributed by atoms with van der Waals surface area (Å²) in [5.41, 5.74) is -0.168. The van der Waals surface area contributed by atoms with E-state index in [1.54, 1.807) is 0 Å². The Morgan fingerprint density at radius 3 is 2.38 bits per heavy atom. The van der Waals surface area contributed by atoms with Crippen molar-refractivity contribution in [3.05, 3.63) is 12.7 Å². The molecule has 13 heavy (non-hydrogen) atoms. The van der Waals surface area contributed by atoms with Crippen LogP contribution >= 0.6 is 0 Å². The Morgan fingerprint density at radius 2 is 2.08 bits per heavy atom. The monoisotopic (exact) mass is 185 g/mol. The van der Waals surface area contributed by atoms with E-state index < -0.39 is 0 Å². The molecular weight excluding hydrogens is 166 g/mol. The van der Waals surface area contributed by atoms with Crippen molar-refractivity contribution in [1.29, 1.82) is 0 Å². The van der Waals surface area contributed by atoms with Gasteiger partial charge in [0.05, 0.1) is 6.61 Å². The normalized spacial score (nSPS) is 11.0. The van der Waals surface area contributed by atoms with Gasteiger partial charge < -0.3 is 10.4 Å². The molecular formula is C10H19NO2. The first-order valence-electron chi connectivity index (χ1n) is 4.65. The first kappa shape index (κ1) is 12.2. The maximum absolute atomic E-state index is 10.9. The van der Waals surface area contributed by atoms with Gasteiger partial charge in [-0.1, -0.05) is 20.4 Å². The highest BCUT2D eigenvalue weighted by molar-refractivity contribution is 5.86. The van der Waals surface area contributed by atoms with Crippen LogP contribution in [0.25, 0.3) is 0 Å². The van der Waals surface area contributed by atoms with Crippen LogP contribution in [0.15, 0.2) is 12.7 Å². The molecule has 2 N–H and O–H groups in total. The minimum atomic E-state index is -0.181. The fourth-order valence-electron chi connectivity index (χ4n) is 1.13. The van der Waals surface area contributed by atoms with Gasteiger partial charge in [-0.25, -0.2) is 0 Å². The summed E-state index contributed by atoms with van der Waals surface area (Å²) in [4.78, 5) is 10.9. The molecule has 0 unspecified atom stereocenters. The van der Waals surface area contributed by atoms with Gasteiger partial charge in [0.25, 0.3) is 0 Å². The van der Waals surface area contributed by atoms with Crippen LogP contribution in [0.3, 0.4) is 0 Å². The molecule has 0 bridgehead atoms. The second kappa shape index (κ2) is 5.75. The lowest BCUT2D eigenvalue weighted by molar-refractivity contribution is -0.117. The zero-order valence-corrected chi connectivity index (χ0v) is 8.47. The van der Waals surface area contributed by atoms with Crippen LogP contribution in [0.5, 0.6) is 0 Å². The number of nitrogens with one attached hydrogen (secondary N) is 1. The van der Waals surface area contributed by atoms with Crippen molar-refractivity contribution in [3.8, 4) is 0 Å². The van der Waals surface area contributed by atoms with Crippen LogP contribution in [-0.4, -0.2) is 24.2 Å². The molecule has 0 aliphatic rings. The van der Waals surface area contributed by atoms with Gasteiger partial charge in [-0.3, -0.25) is 4.79 Å². The molecule has 0 aromatic carbocycles. The molecule has 1 amide bonds. The molecule has 0 aliphatic heterocycles. The summed E-state index contributed by atoms with van der Waals surface area (Å²) in [5.74, 6) is -0.181. The molecule has 0 rings (SSSR count). The van der Waals surface area contributed by atoms with E-state index in [4.69, 9.17) is 0 Å². The number of rotatable bonds is 6. The third kappa shape index (κ3) is 3.59. The second-order valence-electron chi connectivity index (χ2n) is 3.29. The maximum Gasteiger partial charge on any atom is 0.243 e. The molecule has 0 atom stereocenters. The molecule has 0 aliphatic carbocycles. The molecule has 0 saturated heterocycles. The number of aliphatic hydroxyl groups excluding tert-OH is 1. The summed E-state index contributed by atoms with van der Waals surface area (Å²) < 4.78 is 0. The van der Waals surface area contributed by atoms with Gasteiger partial charge in [-0.15, -0.1) is 0 Å². The first-order valence-corrected chi connectivity index (χ1v) is 4.65. The number of aliphatic hydroxyl groups is 1. The van der Waals surface area contributed by atoms with E-state index >= 15 is 0 Å². The average molecular weight is 185 g/mol. The first-order chi connectivity index (χ1) is 6.14. The van der Waals surface area contributed by atoms with Crippen molar-refractivity contribution < 1.29 is 9.90 Å². The molecule has 3 heteroatoms. The van der Waals surface area contributed by atoms with E-state index in [0.717, 1.165) is 12.8 Å². The fourth-order valence-corrected chi connectivity index (χ4v) is 1.13. The number of carbonyl (C=O) groups is 1. The van der Waals surface area contributed by atoms with Gasteiger partial charge in [0.2, 0.25) is 5.91 Å². The van der Waals surface area contributed by atoms with Crippen LogP contribution < -0.4 is 5.32 Å². The number of carbonyl (C=O) groups excluding carboxylic acids is 1. The highest BCUT2D eigenvalue weighted by Crippen LogP contribution is 2.24. The summed E-state index contributed by atoms with van der Waals surface area (Å²) in [6.45, 7) is 8.02. The van der Waals surface area contributed by atoms with Crippen LogP contribution in [0.1, 0.15) is 26.7 Å². The van der Waals surface area contributed by atoms with E-state index in [0.29, 0.717) is 6.54 Å². The lowest BCUT2D eigenvalue weighted by Gasteiger charge is -2.29. The Kier molecular flexibility index (Phi) is 5.39. The van der Waals surface area contributed by atoms with E-state index in [9.17, 15) is 9.90 Å². The van der Waals surface area contributed by atoms with E-state index in [-0.39, 0.29) is 17.9 Å². The van der Waals surface area contributed by atoms with E-state index in [1.807, 2.05) is 13.8 Å². The van der Waals surface area contributed by atoms with Gasteiger partial charge in [-0.2, -0.15) is 0 Å². The van der Waals surface area contributed by atoms with Crippen molar-refractivity contribution in [2.75, 3.05) is 13.2 Å². The third-order valence-corrected chi connectivity index (χ3v) is 2.66. The van der Waals surface area contributed by atoms with Gasteiger partial charge in [0.15, 0.2) is 0 Å². The minimum Gasteiger partial charge on any atom is -0.396 e. The van der Waals surface area contributed by atoms with Gasteiger partial charge >= 0.3 is 0 Å². The second-order valence-corrected chi connectivity index (χ2v) is 3.29. The molecule has 0 spiro atoms. The van der Waals surface area contributed by atoms with E-state index in [1.165, 1.54) is 6.08 Å². The van der Waals surface area contributed by atoms with Crippen LogP contribution in [0, 0.1) is 5.41 Å². The molecule has 0 fully saturated rings. The van der Waals surface area contributed by atoms with Crippen molar-refractivity contribution in [2.45, 2.75) is 26.7 Å². The molecule has 0 saturated carbocycles. The minimum absolute atomic E-state index is 0.109. The van der Waals surface area contributed by atoms with Crippen LogP contribution in [0.2, 0.25) is 0 Å². The van der Waals surface area contributed by atoms with Crippen molar-refractivity contribution in [1.82, 2.24) is 5.32 Å². The smallest absolute Gasteiger partial charge is 0.243 e. The predicted molar refractivity (Wildman–Crippen MR) is 53.3 cm³/mol. The topological polar surface area (TPSA) is 49.3 Å². The lowest BCUT2D eigenvalue weighted by Crippen LogP contribution is -2.38. The standard InChI is InChI=1S/C10H19NO2/c1-4-9(13)11-7-10(5-2,6-3)8-12/h4,12H,1,5-8H2,2-3H3,(H,11,13). The zero-order chi connectivity index (χ0) is 10.3. The number of amides is 1. The SMILES string of the molecule is C=CC(=O)NCC(CC)(CC)CO. The maximum atomic E-state index is 10.9. The quantitative estimate of drug-likeness (QED) is 0.608. The molecule has 0 aromatic rings. The molecule has 0 radical (unpaired) electrons. The Labute approximate surface area is 79.8 Å². The van der Waals surface area contributed by atoms with Crippen LogP contribution in [0.4, 0.5) is 0 Å². The summed E-state index contributed by atoms with van der Waals surface area (Å²) in [6, 6.07) is 0. The van der Waals surface area contributed by atoms with Crippen molar-refractivity contribution >= 4 is 5.91 Å². The Hall–Kier alpha value is -0.830. The molecule has 3 nitrogen and oxygen atoms in total. The fraction of sp³-hybridized carbons (Fsp3) is 0.700. The largest absolute Gasteiger partial charge is 0.396 e. The third-order valence-electron chi connectivity index (χ3n) is 2.66. The number of hydrogen-bond donors (Lipinski definition) is 2. The van der Waals surface area contributed by atoms with Gasteiger partial charge in [-0.05, 0) is 18.9 Å². The Morgan fingerprint density at radius 1 is 1.54 bits per heavy atom. The highest BCUT2D eigenvalue weighted by atomic mass is 16.3. The summed E-state index contributed by atoms with van der Waals surface area (Å²) in [7, 11) is 0. The number of hydrogen-bond acceptors (Lipinski definition) is 2. The van der Waals surface area contributed by atoms with Crippen LogP contribution in [-0.2, 0) is 4.79 Å². The molecule has 0 aromatic heterocycles. The van der Waals surface area contributed by atoms with Gasteiger partial charge in [0, 0.05) is 12.0 Å². The summed E-state index contributed by atoms with van der Waals surface area (Å²) >= 11 is 0. The summed E-state index contributed by atoms with van der Waals surface area (Å²) in [6.07, 6.45) is 2.96. The Bertz CT molecular complexity index is 165. The predicted octanol–water partition coefficient (Wildman–Crippen LogP) is 1.09. The van der Waals surface area contributed by atoms with Gasteiger partial charge in [0.1, 0.15) is 0 Å². The zero-order valence-electron chi connectivity index (χ0n) is 8.47. The summed E-state index contributed by atoms with van der Waals surface area (Å²) in [5, 5.41) is 11.9. The lowest BCUT2D eigenvalue weighted by atomic mass is 9.83. The Balaban J connectivity index is 4.09. The van der Waals surface area contributed by atoms with Crippen molar-refractivity contribution in [2.24, 2.45) is 5.41 Å². The van der Waals surface area contributed by atoms with E-state index in [2.05, 4.69) is 11.9 Å². The molecule has 76 valence electrons.